The molecule has 1 fully saturated rings. The Kier molecular flexibility index (Phi) is 3.40. The lowest BCUT2D eigenvalue weighted by molar-refractivity contribution is 0.642. The van der Waals surface area contributed by atoms with Crippen LogP contribution in [0.15, 0.2) is 18.3 Å². The molecule has 0 atom stereocenters. The molecule has 16 heavy (non-hydrogen) atoms. The zero-order valence-corrected chi connectivity index (χ0v) is 10.8. The summed E-state index contributed by atoms with van der Waals surface area (Å²) < 4.78 is 0.318. The number of aromatic nitrogens is 1. The Bertz CT molecular complexity index is 365. The van der Waals surface area contributed by atoms with Crippen LogP contribution < -0.4 is 10.6 Å². The topological polar surface area (TPSA) is 42.1 Å². The van der Waals surface area contributed by atoms with Crippen molar-refractivity contribution in [3.63, 3.8) is 0 Å². The second-order valence-electron chi connectivity index (χ2n) is 4.76. The van der Waals surface area contributed by atoms with Gasteiger partial charge in [0.2, 0.25) is 0 Å². The molecule has 2 heterocycles. The molecule has 0 amide bonds. The third-order valence-electron chi connectivity index (χ3n) is 2.80. The molecule has 0 unspecified atom stereocenters. The van der Waals surface area contributed by atoms with E-state index < -0.39 is 0 Å². The molecule has 1 aliphatic heterocycles. The summed E-state index contributed by atoms with van der Waals surface area (Å²) in [5.74, 6) is 2.23. The highest BCUT2D eigenvalue weighted by molar-refractivity contribution is 8.00. The Morgan fingerprint density at radius 3 is 3.06 bits per heavy atom. The van der Waals surface area contributed by atoms with E-state index in [-0.39, 0.29) is 0 Å². The number of rotatable bonds is 2. The fraction of sp³-hybridized carbons (Fsp3) is 0.583. The minimum absolute atomic E-state index is 0.318. The quantitative estimate of drug-likeness (QED) is 0.852. The van der Waals surface area contributed by atoms with Gasteiger partial charge in [0.15, 0.2) is 0 Å². The molecule has 1 aromatic rings. The monoisotopic (exact) mass is 237 g/mol. The molecule has 3 nitrogen and oxygen atoms in total. The van der Waals surface area contributed by atoms with Crippen molar-refractivity contribution < 1.29 is 0 Å². The van der Waals surface area contributed by atoms with E-state index in [4.69, 9.17) is 5.73 Å². The van der Waals surface area contributed by atoms with Gasteiger partial charge < -0.3 is 10.6 Å². The maximum Gasteiger partial charge on any atom is 0.128 e. The summed E-state index contributed by atoms with van der Waals surface area (Å²) in [7, 11) is 0. The molecule has 0 aliphatic carbocycles. The molecule has 0 aromatic carbocycles. The van der Waals surface area contributed by atoms with Crippen LogP contribution in [0.1, 0.15) is 19.4 Å². The van der Waals surface area contributed by atoms with Crippen LogP contribution in [0, 0.1) is 0 Å². The van der Waals surface area contributed by atoms with Crippen molar-refractivity contribution in [2.24, 2.45) is 5.73 Å². The van der Waals surface area contributed by atoms with Gasteiger partial charge in [-0.25, -0.2) is 4.98 Å². The lowest BCUT2D eigenvalue weighted by Gasteiger charge is -2.38. The lowest BCUT2D eigenvalue weighted by Crippen LogP contribution is -2.43. The van der Waals surface area contributed by atoms with E-state index in [9.17, 15) is 0 Å². The van der Waals surface area contributed by atoms with Crippen molar-refractivity contribution in [1.82, 2.24) is 4.98 Å². The second-order valence-corrected chi connectivity index (χ2v) is 6.56. The molecule has 1 aliphatic rings. The molecule has 0 radical (unpaired) electrons. The van der Waals surface area contributed by atoms with E-state index in [1.165, 1.54) is 5.75 Å². The van der Waals surface area contributed by atoms with Crippen molar-refractivity contribution in [3.8, 4) is 0 Å². The molecule has 88 valence electrons. The molecule has 1 aromatic heterocycles. The molecular formula is C12H19N3S. The summed E-state index contributed by atoms with van der Waals surface area (Å²) in [6.45, 7) is 7.29. The van der Waals surface area contributed by atoms with Crippen LogP contribution in [0.2, 0.25) is 0 Å². The van der Waals surface area contributed by atoms with Crippen LogP contribution in [0.4, 0.5) is 5.82 Å². The van der Waals surface area contributed by atoms with Crippen molar-refractivity contribution in [1.29, 1.82) is 0 Å². The first-order valence-electron chi connectivity index (χ1n) is 5.65. The highest BCUT2D eigenvalue weighted by atomic mass is 32.2. The fourth-order valence-electron chi connectivity index (χ4n) is 1.97. The summed E-state index contributed by atoms with van der Waals surface area (Å²) in [4.78, 5) is 6.79. The van der Waals surface area contributed by atoms with Crippen LogP contribution in [-0.2, 0) is 6.54 Å². The second kappa shape index (κ2) is 4.63. The number of hydrogen-bond acceptors (Lipinski definition) is 4. The number of anilines is 1. The van der Waals surface area contributed by atoms with Crippen LogP contribution in [0.5, 0.6) is 0 Å². The Morgan fingerprint density at radius 2 is 2.38 bits per heavy atom. The highest BCUT2D eigenvalue weighted by Crippen LogP contribution is 2.31. The minimum Gasteiger partial charge on any atom is -0.354 e. The first-order chi connectivity index (χ1) is 7.61. The summed E-state index contributed by atoms with van der Waals surface area (Å²) >= 11 is 2.03. The molecule has 0 spiro atoms. The number of hydrogen-bond donors (Lipinski definition) is 1. The van der Waals surface area contributed by atoms with E-state index in [0.29, 0.717) is 11.3 Å². The van der Waals surface area contributed by atoms with Gasteiger partial charge in [-0.3, -0.25) is 0 Å². The first-order valence-corrected chi connectivity index (χ1v) is 6.63. The summed E-state index contributed by atoms with van der Waals surface area (Å²) in [6, 6.07) is 4.08. The van der Waals surface area contributed by atoms with E-state index in [1.807, 2.05) is 24.0 Å². The maximum absolute atomic E-state index is 5.65. The molecule has 1 saturated heterocycles. The Labute approximate surface area is 101 Å². The lowest BCUT2D eigenvalue weighted by atomic mass is 10.1. The van der Waals surface area contributed by atoms with Crippen LogP contribution in [0.3, 0.4) is 0 Å². The van der Waals surface area contributed by atoms with E-state index in [2.05, 4.69) is 29.8 Å². The molecule has 2 rings (SSSR count). The summed E-state index contributed by atoms with van der Waals surface area (Å²) in [5.41, 5.74) is 6.80. The van der Waals surface area contributed by atoms with Crippen LogP contribution in [0.25, 0.3) is 0 Å². The zero-order chi connectivity index (χ0) is 11.6. The smallest absolute Gasteiger partial charge is 0.128 e. The van der Waals surface area contributed by atoms with Gasteiger partial charge in [-0.15, -0.1) is 0 Å². The van der Waals surface area contributed by atoms with Crippen LogP contribution >= 0.6 is 11.8 Å². The predicted octanol–water partition coefficient (Wildman–Crippen LogP) is 1.87. The zero-order valence-electron chi connectivity index (χ0n) is 9.94. The van der Waals surface area contributed by atoms with Crippen molar-refractivity contribution in [2.45, 2.75) is 25.1 Å². The Hall–Kier alpha value is -0.740. The fourth-order valence-corrected chi connectivity index (χ4v) is 3.08. The van der Waals surface area contributed by atoms with Crippen molar-refractivity contribution in [2.75, 3.05) is 23.7 Å². The van der Waals surface area contributed by atoms with Gasteiger partial charge in [0, 0.05) is 36.3 Å². The normalized spacial score (nSPS) is 19.8. The van der Waals surface area contributed by atoms with Gasteiger partial charge in [-0.1, -0.05) is 0 Å². The third kappa shape index (κ3) is 2.68. The standard InChI is InChI=1S/C12H19N3S/c1-12(2)9-15(5-6-16-12)11-7-10(8-13)3-4-14-11/h3-4,7H,5-6,8-9,13H2,1-2H3. The maximum atomic E-state index is 5.65. The van der Waals surface area contributed by atoms with Gasteiger partial charge in [0.25, 0.3) is 0 Å². The number of pyridine rings is 1. The predicted molar refractivity (Wildman–Crippen MR) is 70.9 cm³/mol. The first kappa shape index (κ1) is 11.7. The molecule has 0 saturated carbocycles. The van der Waals surface area contributed by atoms with E-state index in [0.717, 1.165) is 24.5 Å². The Balaban J connectivity index is 2.16. The third-order valence-corrected chi connectivity index (χ3v) is 4.09. The Morgan fingerprint density at radius 1 is 1.56 bits per heavy atom. The largest absolute Gasteiger partial charge is 0.354 e. The molecular weight excluding hydrogens is 218 g/mol. The van der Waals surface area contributed by atoms with Crippen molar-refractivity contribution in [3.05, 3.63) is 23.9 Å². The molecule has 2 N–H and O–H groups in total. The number of nitrogens with zero attached hydrogens (tertiary/aromatic N) is 2. The van der Waals surface area contributed by atoms with E-state index >= 15 is 0 Å². The average molecular weight is 237 g/mol. The van der Waals surface area contributed by atoms with Gasteiger partial charge in [-0.05, 0) is 31.5 Å². The van der Waals surface area contributed by atoms with Gasteiger partial charge in [-0.2, -0.15) is 11.8 Å². The average Bonchev–Trinajstić information content (AvgIpc) is 2.28. The van der Waals surface area contributed by atoms with E-state index in [1.54, 1.807) is 0 Å². The van der Waals surface area contributed by atoms with Crippen molar-refractivity contribution >= 4 is 17.6 Å². The minimum atomic E-state index is 0.318. The molecule has 0 bridgehead atoms. The SMILES string of the molecule is CC1(C)CN(c2cc(CN)ccn2)CCS1. The summed E-state index contributed by atoms with van der Waals surface area (Å²) in [6.07, 6.45) is 1.85. The van der Waals surface area contributed by atoms with Gasteiger partial charge in [0.1, 0.15) is 5.82 Å². The highest BCUT2D eigenvalue weighted by Gasteiger charge is 2.27. The number of nitrogens with two attached hydrogens (primary N) is 1. The van der Waals surface area contributed by atoms with Gasteiger partial charge >= 0.3 is 0 Å². The van der Waals surface area contributed by atoms with Crippen LogP contribution in [-0.4, -0.2) is 28.6 Å². The molecule has 4 heteroatoms. The number of thioether (sulfide) groups is 1. The summed E-state index contributed by atoms with van der Waals surface area (Å²) in [5, 5.41) is 0. The van der Waals surface area contributed by atoms with Gasteiger partial charge in [0.05, 0.1) is 0 Å².